The molecular formula is C10H13ClN2O4. The molecule has 0 bridgehead atoms. The fourth-order valence-electron chi connectivity index (χ4n) is 1.11. The number of aromatic nitrogens is 1. The highest BCUT2D eigenvalue weighted by Gasteiger charge is 2.30. The van der Waals surface area contributed by atoms with Gasteiger partial charge in [-0.25, -0.2) is 4.98 Å². The summed E-state index contributed by atoms with van der Waals surface area (Å²) >= 11 is 5.62. The summed E-state index contributed by atoms with van der Waals surface area (Å²) in [4.78, 5) is 15.5. The van der Waals surface area contributed by atoms with Crippen molar-refractivity contribution in [2.75, 3.05) is 19.8 Å². The van der Waals surface area contributed by atoms with Gasteiger partial charge in [0.25, 0.3) is 5.91 Å². The van der Waals surface area contributed by atoms with Crippen molar-refractivity contribution in [2.24, 2.45) is 0 Å². The smallest absolute Gasteiger partial charge is 0.270 e. The largest absolute Gasteiger partial charge is 0.394 e. The lowest BCUT2D eigenvalue weighted by atomic mass is 10.0. The van der Waals surface area contributed by atoms with Crippen LogP contribution >= 0.6 is 11.6 Å². The number of hydrogen-bond acceptors (Lipinski definition) is 5. The van der Waals surface area contributed by atoms with E-state index in [-0.39, 0.29) is 10.8 Å². The van der Waals surface area contributed by atoms with Crippen LogP contribution in [0.1, 0.15) is 10.5 Å². The minimum absolute atomic E-state index is 0.0391. The van der Waals surface area contributed by atoms with Gasteiger partial charge in [-0.15, -0.1) is 0 Å². The molecule has 0 aliphatic rings. The molecule has 0 spiro atoms. The van der Waals surface area contributed by atoms with Crippen molar-refractivity contribution in [2.45, 2.75) is 5.54 Å². The summed E-state index contributed by atoms with van der Waals surface area (Å²) in [6, 6.07) is 4.48. The Morgan fingerprint density at radius 1 is 1.29 bits per heavy atom. The maximum Gasteiger partial charge on any atom is 0.270 e. The molecule has 4 N–H and O–H groups in total. The zero-order valence-electron chi connectivity index (χ0n) is 8.93. The molecule has 17 heavy (non-hydrogen) atoms. The van der Waals surface area contributed by atoms with Crippen LogP contribution in [0.15, 0.2) is 18.2 Å². The van der Waals surface area contributed by atoms with Crippen LogP contribution in [0.3, 0.4) is 0 Å². The monoisotopic (exact) mass is 260 g/mol. The molecule has 0 saturated heterocycles. The number of aliphatic hydroxyl groups excluding tert-OH is 3. The van der Waals surface area contributed by atoms with Gasteiger partial charge >= 0.3 is 0 Å². The van der Waals surface area contributed by atoms with Gasteiger partial charge in [-0.05, 0) is 12.1 Å². The normalized spacial score (nSPS) is 11.3. The van der Waals surface area contributed by atoms with Crippen LogP contribution in [-0.4, -0.2) is 51.6 Å². The lowest BCUT2D eigenvalue weighted by Gasteiger charge is -2.28. The second-order valence-electron chi connectivity index (χ2n) is 3.55. The summed E-state index contributed by atoms with van der Waals surface area (Å²) in [5.74, 6) is -0.635. The van der Waals surface area contributed by atoms with Gasteiger partial charge < -0.3 is 20.6 Å². The maximum atomic E-state index is 11.7. The molecule has 0 aliphatic carbocycles. The van der Waals surface area contributed by atoms with Gasteiger partial charge in [0.2, 0.25) is 0 Å². The third kappa shape index (κ3) is 3.37. The second-order valence-corrected chi connectivity index (χ2v) is 3.94. The Morgan fingerprint density at radius 3 is 2.35 bits per heavy atom. The van der Waals surface area contributed by atoms with E-state index in [0.717, 1.165) is 0 Å². The number of hydrogen-bond donors (Lipinski definition) is 4. The topological polar surface area (TPSA) is 103 Å². The molecule has 1 rings (SSSR count). The van der Waals surface area contributed by atoms with Crippen LogP contribution in [0, 0.1) is 0 Å². The molecule has 7 heteroatoms. The maximum absolute atomic E-state index is 11.7. The van der Waals surface area contributed by atoms with Crippen molar-refractivity contribution in [1.82, 2.24) is 10.3 Å². The molecule has 0 aliphatic heterocycles. The summed E-state index contributed by atoms with van der Waals surface area (Å²) < 4.78 is 0. The first-order chi connectivity index (χ1) is 8.06. The number of carbonyl (C=O) groups is 1. The van der Waals surface area contributed by atoms with E-state index >= 15 is 0 Å². The van der Waals surface area contributed by atoms with Crippen LogP contribution in [0.5, 0.6) is 0 Å². The third-order valence-electron chi connectivity index (χ3n) is 2.23. The molecule has 0 unspecified atom stereocenters. The third-order valence-corrected chi connectivity index (χ3v) is 2.44. The average molecular weight is 261 g/mol. The Labute approximate surface area is 103 Å². The van der Waals surface area contributed by atoms with Crippen LogP contribution in [0.25, 0.3) is 0 Å². The molecule has 0 atom stereocenters. The first-order valence-electron chi connectivity index (χ1n) is 4.84. The van der Waals surface area contributed by atoms with Crippen LogP contribution < -0.4 is 5.32 Å². The van der Waals surface area contributed by atoms with E-state index in [4.69, 9.17) is 26.9 Å². The number of amides is 1. The lowest BCUT2D eigenvalue weighted by Crippen LogP contribution is -2.57. The molecule has 94 valence electrons. The molecule has 1 amide bonds. The van der Waals surface area contributed by atoms with E-state index in [1.165, 1.54) is 12.1 Å². The van der Waals surface area contributed by atoms with Crippen molar-refractivity contribution < 1.29 is 20.1 Å². The highest BCUT2D eigenvalue weighted by atomic mass is 35.5. The molecule has 0 saturated carbocycles. The Bertz CT molecular complexity index is 387. The van der Waals surface area contributed by atoms with E-state index in [0.29, 0.717) is 0 Å². The molecule has 0 radical (unpaired) electrons. The van der Waals surface area contributed by atoms with Gasteiger partial charge in [0.15, 0.2) is 0 Å². The van der Waals surface area contributed by atoms with Crippen molar-refractivity contribution in [3.8, 4) is 0 Å². The van der Waals surface area contributed by atoms with E-state index in [2.05, 4.69) is 10.3 Å². The minimum atomic E-state index is -1.47. The van der Waals surface area contributed by atoms with Crippen molar-refractivity contribution in [1.29, 1.82) is 0 Å². The van der Waals surface area contributed by atoms with Gasteiger partial charge in [-0.3, -0.25) is 4.79 Å². The highest BCUT2D eigenvalue weighted by molar-refractivity contribution is 6.29. The van der Waals surface area contributed by atoms with E-state index in [1.807, 2.05) is 0 Å². The predicted octanol–water partition coefficient (Wildman–Crippen LogP) is -0.820. The van der Waals surface area contributed by atoms with Crippen molar-refractivity contribution in [3.63, 3.8) is 0 Å². The number of nitrogens with one attached hydrogen (secondary N) is 1. The fourth-order valence-corrected chi connectivity index (χ4v) is 1.27. The molecular weight excluding hydrogens is 248 g/mol. The summed E-state index contributed by atoms with van der Waals surface area (Å²) in [6.45, 7) is -1.77. The van der Waals surface area contributed by atoms with Gasteiger partial charge in [0, 0.05) is 0 Å². The van der Waals surface area contributed by atoms with Crippen LogP contribution in [0.2, 0.25) is 5.15 Å². The summed E-state index contributed by atoms with van der Waals surface area (Å²) in [5.41, 5.74) is -1.43. The Morgan fingerprint density at radius 2 is 1.88 bits per heavy atom. The predicted molar refractivity (Wildman–Crippen MR) is 60.7 cm³/mol. The Balaban J connectivity index is 2.84. The molecule has 1 heterocycles. The second kappa shape index (κ2) is 5.92. The van der Waals surface area contributed by atoms with E-state index in [9.17, 15) is 4.79 Å². The molecule has 6 nitrogen and oxygen atoms in total. The van der Waals surface area contributed by atoms with Crippen molar-refractivity contribution in [3.05, 3.63) is 29.0 Å². The minimum Gasteiger partial charge on any atom is -0.394 e. The van der Waals surface area contributed by atoms with Crippen LogP contribution in [-0.2, 0) is 0 Å². The Kier molecular flexibility index (Phi) is 4.83. The summed E-state index contributed by atoms with van der Waals surface area (Å²) in [6.07, 6.45) is 0. The molecule has 0 aromatic carbocycles. The van der Waals surface area contributed by atoms with Gasteiger partial charge in [-0.2, -0.15) is 0 Å². The number of rotatable bonds is 5. The molecule has 1 aromatic heterocycles. The number of aliphatic hydroxyl groups is 3. The molecule has 1 aromatic rings. The quantitative estimate of drug-likeness (QED) is 0.518. The highest BCUT2D eigenvalue weighted by Crippen LogP contribution is 2.07. The lowest BCUT2D eigenvalue weighted by molar-refractivity contribution is 0.0373. The first kappa shape index (κ1) is 13.9. The van der Waals surface area contributed by atoms with E-state index < -0.39 is 31.3 Å². The fraction of sp³-hybridized carbons (Fsp3) is 0.400. The van der Waals surface area contributed by atoms with Crippen molar-refractivity contribution >= 4 is 17.5 Å². The number of nitrogens with zero attached hydrogens (tertiary/aromatic N) is 1. The van der Waals surface area contributed by atoms with Crippen LogP contribution in [0.4, 0.5) is 0 Å². The summed E-state index contributed by atoms with van der Waals surface area (Å²) in [5, 5.41) is 29.6. The summed E-state index contributed by atoms with van der Waals surface area (Å²) in [7, 11) is 0. The first-order valence-corrected chi connectivity index (χ1v) is 5.22. The zero-order valence-corrected chi connectivity index (χ0v) is 9.68. The van der Waals surface area contributed by atoms with E-state index in [1.54, 1.807) is 6.07 Å². The number of pyridine rings is 1. The SMILES string of the molecule is O=C(NC(CO)(CO)CO)c1cccc(Cl)n1. The van der Waals surface area contributed by atoms with Gasteiger partial charge in [-0.1, -0.05) is 17.7 Å². The van der Waals surface area contributed by atoms with Gasteiger partial charge in [0.1, 0.15) is 16.4 Å². The molecule has 0 fully saturated rings. The Hall–Kier alpha value is -1.21. The zero-order chi connectivity index (χ0) is 12.9. The average Bonchev–Trinajstić information content (AvgIpc) is 2.36. The standard InChI is InChI=1S/C10H13ClN2O4/c11-8-3-1-2-7(12-8)9(17)13-10(4-14,5-15)6-16/h1-3,14-16H,4-6H2,(H,13,17). The number of halogens is 1. The van der Waals surface area contributed by atoms with Gasteiger partial charge in [0.05, 0.1) is 19.8 Å². The number of carbonyl (C=O) groups excluding carboxylic acids is 1.